The van der Waals surface area contributed by atoms with E-state index in [1.165, 1.54) is 19.3 Å². The van der Waals surface area contributed by atoms with E-state index in [1.54, 1.807) is 24.5 Å². The van der Waals surface area contributed by atoms with Gasteiger partial charge in [-0.05, 0) is 30.7 Å². The SMILES string of the molecule is CCCCCCn1c(CNC(=O)c2ccncc2)nc2ccccc21. The second-order valence-electron chi connectivity index (χ2n) is 6.15. The third-order valence-electron chi connectivity index (χ3n) is 4.32. The topological polar surface area (TPSA) is 59.8 Å². The number of rotatable bonds is 8. The summed E-state index contributed by atoms with van der Waals surface area (Å²) >= 11 is 0. The van der Waals surface area contributed by atoms with Gasteiger partial charge in [0.15, 0.2) is 0 Å². The second kappa shape index (κ2) is 8.42. The van der Waals surface area contributed by atoms with Gasteiger partial charge in [-0.2, -0.15) is 0 Å². The van der Waals surface area contributed by atoms with Crippen LogP contribution in [0.15, 0.2) is 48.8 Å². The van der Waals surface area contributed by atoms with E-state index in [9.17, 15) is 4.79 Å². The van der Waals surface area contributed by atoms with Crippen molar-refractivity contribution in [3.05, 3.63) is 60.2 Å². The average molecular weight is 336 g/mol. The summed E-state index contributed by atoms with van der Waals surface area (Å²) in [6.07, 6.45) is 8.06. The van der Waals surface area contributed by atoms with Crippen molar-refractivity contribution in [1.82, 2.24) is 19.9 Å². The zero-order chi connectivity index (χ0) is 17.5. The lowest BCUT2D eigenvalue weighted by atomic mass is 10.2. The van der Waals surface area contributed by atoms with E-state index in [-0.39, 0.29) is 5.91 Å². The maximum atomic E-state index is 12.3. The zero-order valence-corrected chi connectivity index (χ0v) is 14.6. The fourth-order valence-corrected chi connectivity index (χ4v) is 2.97. The molecule has 0 radical (unpaired) electrons. The monoisotopic (exact) mass is 336 g/mol. The lowest BCUT2D eigenvalue weighted by Crippen LogP contribution is -2.24. The number of carbonyl (C=O) groups excluding carboxylic acids is 1. The molecule has 3 rings (SSSR count). The van der Waals surface area contributed by atoms with Crippen molar-refractivity contribution in [2.45, 2.75) is 45.7 Å². The van der Waals surface area contributed by atoms with Crippen LogP contribution in [0.5, 0.6) is 0 Å². The van der Waals surface area contributed by atoms with E-state index in [0.717, 1.165) is 29.8 Å². The fourth-order valence-electron chi connectivity index (χ4n) is 2.97. The summed E-state index contributed by atoms with van der Waals surface area (Å²) in [5.74, 6) is 0.798. The number of nitrogens with one attached hydrogen (secondary N) is 1. The van der Waals surface area contributed by atoms with E-state index < -0.39 is 0 Å². The van der Waals surface area contributed by atoms with Crippen molar-refractivity contribution < 1.29 is 4.79 Å². The number of hydrogen-bond donors (Lipinski definition) is 1. The molecule has 0 saturated carbocycles. The molecule has 5 nitrogen and oxygen atoms in total. The largest absolute Gasteiger partial charge is 0.345 e. The van der Waals surface area contributed by atoms with Crippen LogP contribution in [0, 0.1) is 0 Å². The van der Waals surface area contributed by atoms with Gasteiger partial charge in [0.2, 0.25) is 0 Å². The molecule has 0 bridgehead atoms. The van der Waals surface area contributed by atoms with Crippen molar-refractivity contribution in [3.63, 3.8) is 0 Å². The lowest BCUT2D eigenvalue weighted by Gasteiger charge is -2.10. The van der Waals surface area contributed by atoms with Gasteiger partial charge in [-0.3, -0.25) is 9.78 Å². The highest BCUT2D eigenvalue weighted by Crippen LogP contribution is 2.17. The minimum absolute atomic E-state index is 0.105. The number of carbonyl (C=O) groups is 1. The van der Waals surface area contributed by atoms with Crippen LogP contribution in [0.4, 0.5) is 0 Å². The Hall–Kier alpha value is -2.69. The molecule has 0 saturated heterocycles. The first-order chi connectivity index (χ1) is 12.3. The van der Waals surface area contributed by atoms with Crippen molar-refractivity contribution >= 4 is 16.9 Å². The minimum atomic E-state index is -0.105. The highest BCUT2D eigenvalue weighted by Gasteiger charge is 2.12. The first-order valence-electron chi connectivity index (χ1n) is 8.92. The summed E-state index contributed by atoms with van der Waals surface area (Å²) in [6, 6.07) is 11.6. The summed E-state index contributed by atoms with van der Waals surface area (Å²) < 4.78 is 2.23. The molecule has 0 aliphatic heterocycles. The summed E-state index contributed by atoms with van der Waals surface area (Å²) in [7, 11) is 0. The Balaban J connectivity index is 1.74. The molecule has 1 aromatic carbocycles. The van der Waals surface area contributed by atoms with Gasteiger partial charge in [0.25, 0.3) is 5.91 Å². The Morgan fingerprint density at radius 3 is 2.68 bits per heavy atom. The van der Waals surface area contributed by atoms with Crippen molar-refractivity contribution in [2.24, 2.45) is 0 Å². The molecule has 1 N–H and O–H groups in total. The van der Waals surface area contributed by atoms with E-state index in [4.69, 9.17) is 4.98 Å². The quantitative estimate of drug-likeness (QED) is 0.634. The third-order valence-corrected chi connectivity index (χ3v) is 4.32. The predicted octanol–water partition coefficient (Wildman–Crippen LogP) is 3.94. The second-order valence-corrected chi connectivity index (χ2v) is 6.15. The molecule has 5 heteroatoms. The Morgan fingerprint density at radius 1 is 1.08 bits per heavy atom. The molecule has 130 valence electrons. The van der Waals surface area contributed by atoms with Crippen LogP contribution < -0.4 is 5.32 Å². The van der Waals surface area contributed by atoms with Crippen molar-refractivity contribution in [3.8, 4) is 0 Å². The van der Waals surface area contributed by atoms with E-state index in [1.807, 2.05) is 18.2 Å². The molecule has 0 aliphatic rings. The van der Waals surface area contributed by atoms with Crippen LogP contribution >= 0.6 is 0 Å². The van der Waals surface area contributed by atoms with Crippen LogP contribution in [-0.2, 0) is 13.1 Å². The zero-order valence-electron chi connectivity index (χ0n) is 14.6. The van der Waals surface area contributed by atoms with E-state index in [2.05, 4.69) is 27.9 Å². The lowest BCUT2D eigenvalue weighted by molar-refractivity contribution is 0.0949. The number of pyridine rings is 1. The summed E-state index contributed by atoms with van der Waals surface area (Å²) in [6.45, 7) is 3.57. The number of unbranched alkanes of at least 4 members (excludes halogenated alkanes) is 3. The highest BCUT2D eigenvalue weighted by molar-refractivity contribution is 5.93. The van der Waals surface area contributed by atoms with Gasteiger partial charge in [-0.15, -0.1) is 0 Å². The van der Waals surface area contributed by atoms with Crippen LogP contribution in [-0.4, -0.2) is 20.4 Å². The molecule has 0 fully saturated rings. The molecule has 3 aromatic rings. The number of amides is 1. The van der Waals surface area contributed by atoms with Crippen LogP contribution in [0.2, 0.25) is 0 Å². The number of fused-ring (bicyclic) bond motifs is 1. The van der Waals surface area contributed by atoms with Gasteiger partial charge in [0, 0.05) is 24.5 Å². The number of hydrogen-bond acceptors (Lipinski definition) is 3. The van der Waals surface area contributed by atoms with Crippen molar-refractivity contribution in [2.75, 3.05) is 0 Å². The van der Waals surface area contributed by atoms with E-state index >= 15 is 0 Å². The van der Waals surface area contributed by atoms with Crippen LogP contribution in [0.25, 0.3) is 11.0 Å². The molecule has 1 amide bonds. The fraction of sp³-hybridized carbons (Fsp3) is 0.350. The third kappa shape index (κ3) is 4.24. The molecule has 2 heterocycles. The number of aryl methyl sites for hydroxylation is 1. The maximum absolute atomic E-state index is 12.3. The molecule has 0 aliphatic carbocycles. The van der Waals surface area contributed by atoms with Gasteiger partial charge in [0.05, 0.1) is 17.6 Å². The van der Waals surface area contributed by atoms with Crippen LogP contribution in [0.1, 0.15) is 48.8 Å². The van der Waals surface area contributed by atoms with Gasteiger partial charge in [-0.1, -0.05) is 38.3 Å². The van der Waals surface area contributed by atoms with Gasteiger partial charge >= 0.3 is 0 Å². The molecule has 0 spiro atoms. The highest BCUT2D eigenvalue weighted by atomic mass is 16.1. The van der Waals surface area contributed by atoms with E-state index in [0.29, 0.717) is 12.1 Å². The van der Waals surface area contributed by atoms with Gasteiger partial charge in [0.1, 0.15) is 5.82 Å². The smallest absolute Gasteiger partial charge is 0.251 e. The van der Waals surface area contributed by atoms with Crippen LogP contribution in [0.3, 0.4) is 0 Å². The number of benzene rings is 1. The maximum Gasteiger partial charge on any atom is 0.251 e. The Kier molecular flexibility index (Phi) is 5.77. The number of nitrogens with zero attached hydrogens (tertiary/aromatic N) is 3. The Morgan fingerprint density at radius 2 is 1.88 bits per heavy atom. The molecule has 2 aromatic heterocycles. The number of imidazole rings is 1. The summed E-state index contributed by atoms with van der Waals surface area (Å²) in [5.41, 5.74) is 2.72. The standard InChI is InChI=1S/C20H24N4O/c1-2-3-4-7-14-24-18-9-6-5-8-17(18)23-19(24)15-22-20(25)16-10-12-21-13-11-16/h5-6,8-13H,2-4,7,14-15H2,1H3,(H,22,25). The van der Waals surface area contributed by atoms with Crippen molar-refractivity contribution in [1.29, 1.82) is 0 Å². The Labute approximate surface area is 148 Å². The Bertz CT molecular complexity index is 826. The molecule has 0 unspecified atom stereocenters. The summed E-state index contributed by atoms with van der Waals surface area (Å²) in [4.78, 5) is 20.9. The first kappa shape index (κ1) is 17.1. The van der Waals surface area contributed by atoms with Gasteiger partial charge < -0.3 is 9.88 Å². The molecule has 25 heavy (non-hydrogen) atoms. The van der Waals surface area contributed by atoms with Gasteiger partial charge in [-0.25, -0.2) is 4.98 Å². The average Bonchev–Trinajstić information content (AvgIpc) is 3.01. The molecular formula is C20H24N4O. The molecular weight excluding hydrogens is 312 g/mol. The minimum Gasteiger partial charge on any atom is -0.345 e. The molecule has 0 atom stereocenters. The number of aromatic nitrogens is 3. The first-order valence-corrected chi connectivity index (χ1v) is 8.92. The summed E-state index contributed by atoms with van der Waals surface area (Å²) in [5, 5.41) is 2.97. The predicted molar refractivity (Wildman–Crippen MR) is 99.3 cm³/mol. The number of para-hydroxylation sites is 2. The normalized spacial score (nSPS) is 10.9.